The van der Waals surface area contributed by atoms with Gasteiger partial charge in [-0.1, -0.05) is 18.5 Å². The molecule has 1 fully saturated rings. The lowest BCUT2D eigenvalue weighted by Crippen LogP contribution is -2.34. The van der Waals surface area contributed by atoms with Gasteiger partial charge in [0.1, 0.15) is 0 Å². The first-order valence-corrected chi connectivity index (χ1v) is 6.81. The van der Waals surface area contributed by atoms with Gasteiger partial charge < -0.3 is 5.11 Å². The molecule has 1 aliphatic heterocycles. The molecule has 0 aromatic carbocycles. The van der Waals surface area contributed by atoms with Crippen LogP contribution in [-0.4, -0.2) is 26.6 Å². The molecule has 1 aliphatic carbocycles. The van der Waals surface area contributed by atoms with E-state index in [1.807, 2.05) is 0 Å². The van der Waals surface area contributed by atoms with E-state index in [0.717, 1.165) is 30.2 Å². The summed E-state index contributed by atoms with van der Waals surface area (Å²) in [4.78, 5) is 17.5. The topological polar surface area (TPSA) is 66.3 Å². The molecule has 1 aromatic heterocycles. The van der Waals surface area contributed by atoms with E-state index in [-0.39, 0.29) is 16.4 Å². The van der Waals surface area contributed by atoms with Crippen LogP contribution >= 0.6 is 23.1 Å². The van der Waals surface area contributed by atoms with Crippen LogP contribution in [0, 0.1) is 0 Å². The average Bonchev–Trinajstić information content (AvgIpc) is 2.85. The number of hydrogen-bond donors (Lipinski definition) is 1. The first-order valence-electron chi connectivity index (χ1n) is 5.66. The lowest BCUT2D eigenvalue weighted by molar-refractivity contribution is -0.115. The normalized spacial score (nSPS) is 26.1. The number of carbonyl (C=O) groups excluding carboxylic acids is 1. The Kier molecular flexibility index (Phi) is 2.52. The number of hydrogen-bond acceptors (Lipinski definition) is 5. The summed E-state index contributed by atoms with van der Waals surface area (Å²) in [6.07, 6.45) is 1.00. The summed E-state index contributed by atoms with van der Waals surface area (Å²) in [7, 11) is 0. The van der Waals surface area contributed by atoms with Gasteiger partial charge in [-0.15, -0.1) is 0 Å². The number of anilines is 1. The van der Waals surface area contributed by atoms with Gasteiger partial charge in [0.15, 0.2) is 12.1 Å². The molecule has 2 heterocycles. The van der Waals surface area contributed by atoms with Crippen molar-refractivity contribution in [2.24, 2.45) is 0 Å². The van der Waals surface area contributed by atoms with Gasteiger partial charge in [0, 0.05) is 22.5 Å². The first kappa shape index (κ1) is 12.1. The predicted octanol–water partition coefficient (Wildman–Crippen LogP) is 1.77. The third-order valence-electron chi connectivity index (χ3n) is 3.53. The van der Waals surface area contributed by atoms with E-state index in [2.05, 4.69) is 16.3 Å². The molecule has 96 valence electrons. The van der Waals surface area contributed by atoms with Crippen molar-refractivity contribution in [1.82, 2.24) is 9.36 Å². The Morgan fingerprint density at radius 3 is 2.72 bits per heavy atom. The van der Waals surface area contributed by atoms with Crippen molar-refractivity contribution in [2.45, 2.75) is 38.3 Å². The van der Waals surface area contributed by atoms with Gasteiger partial charge in [0.2, 0.25) is 5.13 Å². The molecule has 2 aliphatic rings. The van der Waals surface area contributed by atoms with Gasteiger partial charge in [-0.25, -0.2) is 4.98 Å². The molecular formula is C11H12ClN3O2S. The number of halogens is 1. The minimum Gasteiger partial charge on any atom is -0.368 e. The van der Waals surface area contributed by atoms with E-state index in [4.69, 9.17) is 11.6 Å². The summed E-state index contributed by atoms with van der Waals surface area (Å²) < 4.78 is 4.28. The maximum atomic E-state index is 12.0. The molecule has 1 amide bonds. The second-order valence-electron chi connectivity index (χ2n) is 4.98. The highest BCUT2D eigenvalue weighted by Crippen LogP contribution is 2.47. The number of amides is 1. The minimum absolute atomic E-state index is 0.0503. The van der Waals surface area contributed by atoms with Crippen LogP contribution in [0.1, 0.15) is 32.5 Å². The molecule has 1 N–H and O–H groups in total. The van der Waals surface area contributed by atoms with Crippen LogP contribution in [0.5, 0.6) is 0 Å². The number of nitrogens with zero attached hydrogens (tertiary/aromatic N) is 3. The maximum absolute atomic E-state index is 12.0. The van der Waals surface area contributed by atoms with Crippen molar-refractivity contribution >= 4 is 34.2 Å². The minimum atomic E-state index is -1.13. The molecular weight excluding hydrogens is 274 g/mol. The van der Waals surface area contributed by atoms with Gasteiger partial charge in [-0.3, -0.25) is 9.69 Å². The fourth-order valence-electron chi connectivity index (χ4n) is 1.86. The van der Waals surface area contributed by atoms with Crippen LogP contribution < -0.4 is 4.90 Å². The lowest BCUT2D eigenvalue weighted by atomic mass is 10.1. The highest BCUT2D eigenvalue weighted by atomic mass is 35.5. The zero-order chi connectivity index (χ0) is 13.1. The summed E-state index contributed by atoms with van der Waals surface area (Å²) in [5, 5.41) is 10.5. The molecule has 3 rings (SSSR count). The van der Waals surface area contributed by atoms with Gasteiger partial charge in [0.05, 0.1) is 5.03 Å². The third kappa shape index (κ3) is 1.60. The molecule has 1 unspecified atom stereocenters. The van der Waals surface area contributed by atoms with Crippen molar-refractivity contribution in [2.75, 3.05) is 4.90 Å². The van der Waals surface area contributed by atoms with Gasteiger partial charge in [-0.2, -0.15) is 4.37 Å². The second kappa shape index (κ2) is 3.76. The highest BCUT2D eigenvalue weighted by Gasteiger charge is 2.44. The monoisotopic (exact) mass is 285 g/mol. The average molecular weight is 286 g/mol. The molecule has 0 radical (unpaired) electrons. The standard InChI is InChI=1S/C11H12ClN3O2S/c1-5-6(12)8(17)15(7(5)16)10-13-9(14-18-10)11(2)3-4-11/h8,17H,3-4H2,1-2H3. The Bertz CT molecular complexity index is 564. The molecule has 0 spiro atoms. The fraction of sp³-hybridized carbons (Fsp3) is 0.545. The smallest absolute Gasteiger partial charge is 0.259 e. The summed E-state index contributed by atoms with van der Waals surface area (Å²) in [5.41, 5.74) is 0.410. The van der Waals surface area contributed by atoms with Crippen molar-refractivity contribution < 1.29 is 9.90 Å². The number of aromatic nitrogens is 2. The lowest BCUT2D eigenvalue weighted by Gasteiger charge is -2.17. The predicted molar refractivity (Wildman–Crippen MR) is 68.5 cm³/mol. The molecule has 0 saturated heterocycles. The molecule has 18 heavy (non-hydrogen) atoms. The van der Waals surface area contributed by atoms with Crippen molar-refractivity contribution in [3.63, 3.8) is 0 Å². The molecule has 1 saturated carbocycles. The van der Waals surface area contributed by atoms with Crippen LogP contribution in [-0.2, 0) is 10.2 Å². The number of carbonyl (C=O) groups is 1. The Hall–Kier alpha value is -0.980. The quantitative estimate of drug-likeness (QED) is 0.899. The van der Waals surface area contributed by atoms with Crippen molar-refractivity contribution in [1.29, 1.82) is 0 Å². The van der Waals surface area contributed by atoms with Crippen LogP contribution in [0.4, 0.5) is 5.13 Å². The van der Waals surface area contributed by atoms with Crippen LogP contribution in [0.2, 0.25) is 0 Å². The Morgan fingerprint density at radius 1 is 1.56 bits per heavy atom. The second-order valence-corrected chi connectivity index (χ2v) is 6.12. The Balaban J connectivity index is 1.93. The van der Waals surface area contributed by atoms with E-state index in [0.29, 0.717) is 10.7 Å². The summed E-state index contributed by atoms with van der Waals surface area (Å²) in [5.74, 6) is 0.444. The SMILES string of the molecule is CC1=C(Cl)C(O)N(c2nc(C3(C)CC3)ns2)C1=O. The van der Waals surface area contributed by atoms with Gasteiger partial charge >= 0.3 is 0 Å². The van der Waals surface area contributed by atoms with Gasteiger partial charge in [-0.05, 0) is 19.8 Å². The van der Waals surface area contributed by atoms with E-state index >= 15 is 0 Å². The highest BCUT2D eigenvalue weighted by molar-refractivity contribution is 7.10. The van der Waals surface area contributed by atoms with Crippen LogP contribution in [0.15, 0.2) is 10.6 Å². The molecule has 1 atom stereocenters. The largest absolute Gasteiger partial charge is 0.368 e. The number of aliphatic hydroxyl groups excluding tert-OH is 1. The molecule has 1 aromatic rings. The van der Waals surface area contributed by atoms with Crippen molar-refractivity contribution in [3.05, 3.63) is 16.4 Å². The van der Waals surface area contributed by atoms with E-state index in [1.54, 1.807) is 6.92 Å². The fourth-order valence-corrected chi connectivity index (χ4v) is 2.87. The van der Waals surface area contributed by atoms with E-state index in [9.17, 15) is 9.90 Å². The first-order chi connectivity index (χ1) is 8.44. The maximum Gasteiger partial charge on any atom is 0.259 e. The number of rotatable bonds is 2. The Labute approximate surface area is 113 Å². The van der Waals surface area contributed by atoms with Gasteiger partial charge in [0.25, 0.3) is 5.91 Å². The van der Waals surface area contributed by atoms with E-state index in [1.165, 1.54) is 4.90 Å². The van der Waals surface area contributed by atoms with Crippen molar-refractivity contribution in [3.8, 4) is 0 Å². The molecule has 5 nitrogen and oxygen atoms in total. The summed E-state index contributed by atoms with van der Waals surface area (Å²) in [6, 6.07) is 0. The third-order valence-corrected chi connectivity index (χ3v) is 4.72. The Morgan fingerprint density at radius 2 is 2.22 bits per heavy atom. The zero-order valence-electron chi connectivity index (χ0n) is 9.97. The van der Waals surface area contributed by atoms with Crippen LogP contribution in [0.25, 0.3) is 0 Å². The summed E-state index contributed by atoms with van der Waals surface area (Å²) in [6.45, 7) is 3.69. The molecule has 7 heteroatoms. The number of aliphatic hydroxyl groups is 1. The molecule has 0 bridgehead atoms. The summed E-state index contributed by atoms with van der Waals surface area (Å²) >= 11 is 7.01. The zero-order valence-corrected chi connectivity index (χ0v) is 11.5. The van der Waals surface area contributed by atoms with E-state index < -0.39 is 6.23 Å². The van der Waals surface area contributed by atoms with Crippen LogP contribution in [0.3, 0.4) is 0 Å².